The number of carbonyl (C=O) groups excluding carboxylic acids is 2. The van der Waals surface area contributed by atoms with E-state index in [1.165, 1.54) is 0 Å². The van der Waals surface area contributed by atoms with Crippen LogP contribution in [0.25, 0.3) is 0 Å². The van der Waals surface area contributed by atoms with Crippen molar-refractivity contribution in [3.8, 4) is 5.75 Å². The topological polar surface area (TPSA) is 67.4 Å². The molecule has 0 aromatic heterocycles. The summed E-state index contributed by atoms with van der Waals surface area (Å²) in [6.07, 6.45) is 0.319. The fraction of sp³-hybridized carbons (Fsp3) is 0.529. The normalized spacial score (nSPS) is 10.9. The number of amides is 2. The van der Waals surface area contributed by atoms with Crippen molar-refractivity contribution in [3.63, 3.8) is 0 Å². The van der Waals surface area contributed by atoms with Crippen LogP contribution in [0, 0.1) is 5.41 Å². The summed E-state index contributed by atoms with van der Waals surface area (Å²) in [5.74, 6) is 0.721. The van der Waals surface area contributed by atoms with Crippen LogP contribution in [0.4, 0.5) is 0 Å². The molecule has 0 spiro atoms. The molecule has 2 amide bonds. The zero-order chi connectivity index (χ0) is 16.6. The smallest absolute Gasteiger partial charge is 0.225 e. The predicted octanol–water partition coefficient (Wildman–Crippen LogP) is 1.91. The van der Waals surface area contributed by atoms with Crippen LogP contribution in [0.1, 0.15) is 33.3 Å². The van der Waals surface area contributed by atoms with Crippen molar-refractivity contribution in [3.05, 3.63) is 29.8 Å². The fourth-order valence-corrected chi connectivity index (χ4v) is 1.76. The van der Waals surface area contributed by atoms with Crippen molar-refractivity contribution in [2.45, 2.75) is 34.1 Å². The van der Waals surface area contributed by atoms with E-state index in [-0.39, 0.29) is 11.8 Å². The molecule has 0 aliphatic heterocycles. The molecular weight excluding hydrogens is 280 g/mol. The van der Waals surface area contributed by atoms with Gasteiger partial charge in [-0.15, -0.1) is 0 Å². The van der Waals surface area contributed by atoms with Gasteiger partial charge in [0.25, 0.3) is 0 Å². The lowest BCUT2D eigenvalue weighted by Crippen LogP contribution is -2.40. The number of hydrogen-bond acceptors (Lipinski definition) is 3. The first-order valence-corrected chi connectivity index (χ1v) is 7.59. The van der Waals surface area contributed by atoms with Gasteiger partial charge in [0.1, 0.15) is 5.75 Å². The van der Waals surface area contributed by atoms with Crippen LogP contribution in [-0.4, -0.2) is 31.5 Å². The van der Waals surface area contributed by atoms with Crippen LogP contribution in [0.3, 0.4) is 0 Å². The summed E-state index contributed by atoms with van der Waals surface area (Å²) in [4.78, 5) is 23.5. The molecule has 5 nitrogen and oxygen atoms in total. The lowest BCUT2D eigenvalue weighted by molar-refractivity contribution is -0.128. The lowest BCUT2D eigenvalue weighted by atomic mass is 9.96. The maximum atomic E-state index is 11.8. The van der Waals surface area contributed by atoms with Gasteiger partial charge >= 0.3 is 0 Å². The van der Waals surface area contributed by atoms with E-state index in [1.54, 1.807) is 0 Å². The maximum absolute atomic E-state index is 11.8. The summed E-state index contributed by atoms with van der Waals surface area (Å²) >= 11 is 0. The number of benzene rings is 1. The Morgan fingerprint density at radius 1 is 1.05 bits per heavy atom. The molecule has 1 rings (SSSR count). The molecule has 1 aromatic carbocycles. The predicted molar refractivity (Wildman–Crippen MR) is 86.8 cm³/mol. The van der Waals surface area contributed by atoms with Crippen molar-refractivity contribution < 1.29 is 14.3 Å². The standard InChI is InChI=1S/C17H26N2O3/c1-5-22-14-8-6-13(7-9-14)12-15(20)18-10-11-19-16(21)17(2,3)4/h6-9H,5,10-12H2,1-4H3,(H,18,20)(H,19,21). The summed E-state index contributed by atoms with van der Waals surface area (Å²) in [5.41, 5.74) is 0.520. The molecule has 0 bridgehead atoms. The molecular formula is C17H26N2O3. The minimum absolute atomic E-state index is 0.0201. The lowest BCUT2D eigenvalue weighted by Gasteiger charge is -2.17. The third-order valence-electron chi connectivity index (χ3n) is 3.01. The number of hydrogen-bond donors (Lipinski definition) is 2. The quantitative estimate of drug-likeness (QED) is 0.756. The Kier molecular flexibility index (Phi) is 6.89. The van der Waals surface area contributed by atoms with E-state index in [4.69, 9.17) is 4.74 Å². The molecule has 0 saturated heterocycles. The van der Waals surface area contributed by atoms with Crippen molar-refractivity contribution in [2.75, 3.05) is 19.7 Å². The minimum Gasteiger partial charge on any atom is -0.494 e. The van der Waals surface area contributed by atoms with Crippen LogP contribution in [0.2, 0.25) is 0 Å². The molecule has 122 valence electrons. The minimum atomic E-state index is -0.410. The molecule has 0 atom stereocenters. The van der Waals surface area contributed by atoms with Crippen molar-refractivity contribution in [1.82, 2.24) is 10.6 Å². The molecule has 0 radical (unpaired) electrons. The monoisotopic (exact) mass is 306 g/mol. The van der Waals surface area contributed by atoms with Crippen LogP contribution < -0.4 is 15.4 Å². The van der Waals surface area contributed by atoms with Crippen molar-refractivity contribution in [2.24, 2.45) is 5.41 Å². The van der Waals surface area contributed by atoms with E-state index >= 15 is 0 Å². The number of carbonyl (C=O) groups is 2. The molecule has 0 unspecified atom stereocenters. The largest absolute Gasteiger partial charge is 0.494 e. The van der Waals surface area contributed by atoms with Gasteiger partial charge in [-0.05, 0) is 24.6 Å². The summed E-state index contributed by atoms with van der Waals surface area (Å²) in [5, 5.41) is 5.59. The first kappa shape index (κ1) is 18.0. The number of ether oxygens (including phenoxy) is 1. The van der Waals surface area contributed by atoms with Crippen molar-refractivity contribution >= 4 is 11.8 Å². The van der Waals surface area contributed by atoms with Crippen LogP contribution >= 0.6 is 0 Å². The van der Waals surface area contributed by atoms with Gasteiger partial charge in [0, 0.05) is 18.5 Å². The van der Waals surface area contributed by atoms with E-state index in [0.717, 1.165) is 11.3 Å². The first-order chi connectivity index (χ1) is 10.3. The van der Waals surface area contributed by atoms with E-state index < -0.39 is 5.41 Å². The molecule has 2 N–H and O–H groups in total. The van der Waals surface area contributed by atoms with Gasteiger partial charge in [0.05, 0.1) is 13.0 Å². The SMILES string of the molecule is CCOc1ccc(CC(=O)NCCNC(=O)C(C)(C)C)cc1. The summed E-state index contributed by atoms with van der Waals surface area (Å²) in [6, 6.07) is 7.48. The Labute approximate surface area is 132 Å². The van der Waals surface area contributed by atoms with Gasteiger partial charge in [-0.3, -0.25) is 9.59 Å². The molecule has 0 fully saturated rings. The van der Waals surface area contributed by atoms with E-state index in [2.05, 4.69) is 10.6 Å². The van der Waals surface area contributed by atoms with Gasteiger partial charge in [-0.1, -0.05) is 32.9 Å². The zero-order valence-corrected chi connectivity index (χ0v) is 13.9. The van der Waals surface area contributed by atoms with Gasteiger partial charge in [0.15, 0.2) is 0 Å². The fourth-order valence-electron chi connectivity index (χ4n) is 1.76. The molecule has 0 saturated carbocycles. The Morgan fingerprint density at radius 2 is 1.64 bits per heavy atom. The highest BCUT2D eigenvalue weighted by atomic mass is 16.5. The van der Waals surface area contributed by atoms with E-state index in [1.807, 2.05) is 52.0 Å². The van der Waals surface area contributed by atoms with Gasteiger partial charge in [-0.2, -0.15) is 0 Å². The molecule has 22 heavy (non-hydrogen) atoms. The summed E-state index contributed by atoms with van der Waals surface area (Å²) in [6.45, 7) is 8.98. The second-order valence-electron chi connectivity index (χ2n) is 6.11. The molecule has 0 heterocycles. The highest BCUT2D eigenvalue weighted by Crippen LogP contribution is 2.13. The van der Waals surface area contributed by atoms with E-state index in [9.17, 15) is 9.59 Å². The zero-order valence-electron chi connectivity index (χ0n) is 13.9. The van der Waals surface area contributed by atoms with Crippen molar-refractivity contribution in [1.29, 1.82) is 0 Å². The van der Waals surface area contributed by atoms with Gasteiger partial charge in [0.2, 0.25) is 11.8 Å². The molecule has 5 heteroatoms. The van der Waals surface area contributed by atoms with Gasteiger partial charge < -0.3 is 15.4 Å². The third kappa shape index (κ3) is 6.61. The Hall–Kier alpha value is -2.04. The Morgan fingerprint density at radius 3 is 2.18 bits per heavy atom. The summed E-state index contributed by atoms with van der Waals surface area (Å²) < 4.78 is 5.35. The van der Waals surface area contributed by atoms with Crippen LogP contribution in [-0.2, 0) is 16.0 Å². The first-order valence-electron chi connectivity index (χ1n) is 7.59. The second-order valence-corrected chi connectivity index (χ2v) is 6.11. The highest BCUT2D eigenvalue weighted by Gasteiger charge is 2.20. The molecule has 0 aliphatic rings. The Bertz CT molecular complexity index is 490. The number of rotatable bonds is 7. The second kappa shape index (κ2) is 8.41. The average molecular weight is 306 g/mol. The Balaban J connectivity index is 2.27. The van der Waals surface area contributed by atoms with E-state index in [0.29, 0.717) is 26.1 Å². The summed E-state index contributed by atoms with van der Waals surface area (Å²) in [7, 11) is 0. The highest BCUT2D eigenvalue weighted by molar-refractivity contribution is 5.81. The molecule has 0 aliphatic carbocycles. The third-order valence-corrected chi connectivity index (χ3v) is 3.01. The molecule has 1 aromatic rings. The van der Waals surface area contributed by atoms with Crippen LogP contribution in [0.15, 0.2) is 24.3 Å². The maximum Gasteiger partial charge on any atom is 0.225 e. The number of nitrogens with one attached hydrogen (secondary N) is 2. The van der Waals surface area contributed by atoms with Gasteiger partial charge in [-0.25, -0.2) is 0 Å². The average Bonchev–Trinajstić information content (AvgIpc) is 2.44. The van der Waals surface area contributed by atoms with Crippen LogP contribution in [0.5, 0.6) is 5.75 Å².